The van der Waals surface area contributed by atoms with Crippen LogP contribution in [0.4, 0.5) is 0 Å². The molecule has 1 atom stereocenters. The first kappa shape index (κ1) is 13.5. The van der Waals surface area contributed by atoms with Crippen LogP contribution in [-0.2, 0) is 6.42 Å². The predicted octanol–water partition coefficient (Wildman–Crippen LogP) is 1.97. The summed E-state index contributed by atoms with van der Waals surface area (Å²) >= 11 is 0. The van der Waals surface area contributed by atoms with E-state index >= 15 is 0 Å². The smallest absolute Gasteiger partial charge is 0.161 e. The van der Waals surface area contributed by atoms with Gasteiger partial charge in [-0.1, -0.05) is 6.92 Å². The first-order chi connectivity index (χ1) is 9.85. The van der Waals surface area contributed by atoms with Gasteiger partial charge >= 0.3 is 0 Å². The molecule has 3 rings (SSSR count). The Morgan fingerprint density at radius 3 is 3.15 bits per heavy atom. The van der Waals surface area contributed by atoms with Crippen LogP contribution in [0.5, 0.6) is 0 Å². The highest BCUT2D eigenvalue weighted by Crippen LogP contribution is 2.31. The minimum atomic E-state index is 0.207. The first-order valence-corrected chi connectivity index (χ1v) is 7.52. The Balaban J connectivity index is 2.05. The van der Waals surface area contributed by atoms with Crippen molar-refractivity contribution in [2.75, 3.05) is 19.7 Å². The average molecular weight is 274 g/mol. The van der Waals surface area contributed by atoms with Gasteiger partial charge in [-0.15, -0.1) is 0 Å². The molecule has 5 nitrogen and oxygen atoms in total. The molecule has 0 amide bonds. The molecule has 20 heavy (non-hydrogen) atoms. The quantitative estimate of drug-likeness (QED) is 0.905. The second-order valence-corrected chi connectivity index (χ2v) is 5.32. The third-order valence-corrected chi connectivity index (χ3v) is 4.11. The number of imidazole rings is 1. The van der Waals surface area contributed by atoms with E-state index in [9.17, 15) is 0 Å². The maximum absolute atomic E-state index is 9.09. The summed E-state index contributed by atoms with van der Waals surface area (Å²) in [5, 5.41) is 9.09. The Labute approximate surface area is 119 Å². The molecule has 0 saturated carbocycles. The molecule has 0 aromatic carbocycles. The van der Waals surface area contributed by atoms with Crippen molar-refractivity contribution in [2.45, 2.75) is 38.8 Å². The van der Waals surface area contributed by atoms with Crippen LogP contribution in [0.25, 0.3) is 11.2 Å². The normalized spacial score (nSPS) is 20.0. The van der Waals surface area contributed by atoms with Crippen LogP contribution in [0.1, 0.15) is 38.2 Å². The van der Waals surface area contributed by atoms with Crippen LogP contribution in [-0.4, -0.2) is 44.2 Å². The minimum Gasteiger partial charge on any atom is -0.396 e. The van der Waals surface area contributed by atoms with Crippen molar-refractivity contribution < 1.29 is 5.11 Å². The van der Waals surface area contributed by atoms with Gasteiger partial charge in [0.1, 0.15) is 11.3 Å². The fraction of sp³-hybridized carbons (Fsp3) is 0.600. The van der Waals surface area contributed by atoms with Gasteiger partial charge in [-0.3, -0.25) is 9.47 Å². The third kappa shape index (κ3) is 2.31. The molecule has 1 saturated heterocycles. The van der Waals surface area contributed by atoms with Crippen molar-refractivity contribution in [1.82, 2.24) is 19.4 Å². The Morgan fingerprint density at radius 1 is 1.45 bits per heavy atom. The van der Waals surface area contributed by atoms with Gasteiger partial charge in [0, 0.05) is 25.8 Å². The molecular formula is C15H22N4O. The van der Waals surface area contributed by atoms with E-state index in [0.717, 1.165) is 49.3 Å². The standard InChI is InChI=1S/C15H22N4O/c1-2-18-10-4-8-14(18)19-13(7-5-11-20)17-12-6-3-9-16-15(12)19/h3,6,9,14,20H,2,4-5,7-8,10-11H2,1H3. The number of rotatable bonds is 5. The third-order valence-electron chi connectivity index (χ3n) is 4.11. The van der Waals surface area contributed by atoms with Gasteiger partial charge in [0.2, 0.25) is 0 Å². The maximum Gasteiger partial charge on any atom is 0.161 e. The Morgan fingerprint density at radius 2 is 2.35 bits per heavy atom. The number of likely N-dealkylation sites (tertiary alicyclic amines) is 1. The van der Waals surface area contributed by atoms with Crippen molar-refractivity contribution in [3.63, 3.8) is 0 Å². The van der Waals surface area contributed by atoms with E-state index in [-0.39, 0.29) is 6.61 Å². The Bertz CT molecular complexity index is 580. The first-order valence-electron chi connectivity index (χ1n) is 7.52. The second-order valence-electron chi connectivity index (χ2n) is 5.32. The number of pyridine rings is 1. The topological polar surface area (TPSA) is 54.2 Å². The summed E-state index contributed by atoms with van der Waals surface area (Å²) in [6.45, 7) is 4.61. The fourth-order valence-corrected chi connectivity index (χ4v) is 3.17. The van der Waals surface area contributed by atoms with Gasteiger partial charge in [-0.05, 0) is 37.9 Å². The minimum absolute atomic E-state index is 0.207. The number of hydrogen-bond acceptors (Lipinski definition) is 4. The number of aromatic nitrogens is 3. The molecule has 0 radical (unpaired) electrons. The molecule has 1 unspecified atom stereocenters. The zero-order valence-electron chi connectivity index (χ0n) is 12.0. The molecule has 2 aromatic rings. The molecule has 1 fully saturated rings. The highest BCUT2D eigenvalue weighted by atomic mass is 16.2. The van der Waals surface area contributed by atoms with Crippen LogP contribution < -0.4 is 0 Å². The van der Waals surface area contributed by atoms with Gasteiger partial charge in [-0.25, -0.2) is 9.97 Å². The molecule has 1 aliphatic rings. The van der Waals surface area contributed by atoms with E-state index in [1.807, 2.05) is 18.3 Å². The number of aliphatic hydroxyl groups excluding tert-OH is 1. The predicted molar refractivity (Wildman–Crippen MR) is 78.5 cm³/mol. The molecule has 1 N–H and O–H groups in total. The van der Waals surface area contributed by atoms with Crippen LogP contribution >= 0.6 is 0 Å². The van der Waals surface area contributed by atoms with E-state index in [1.165, 1.54) is 6.42 Å². The second kappa shape index (κ2) is 5.89. The lowest BCUT2D eigenvalue weighted by Crippen LogP contribution is -2.28. The molecule has 1 aliphatic heterocycles. The summed E-state index contributed by atoms with van der Waals surface area (Å²) in [5.41, 5.74) is 1.94. The molecule has 108 valence electrons. The van der Waals surface area contributed by atoms with E-state index in [0.29, 0.717) is 6.17 Å². The van der Waals surface area contributed by atoms with E-state index in [1.54, 1.807) is 0 Å². The largest absolute Gasteiger partial charge is 0.396 e. The lowest BCUT2D eigenvalue weighted by Gasteiger charge is -2.25. The number of hydrogen-bond donors (Lipinski definition) is 1. The van der Waals surface area contributed by atoms with Crippen LogP contribution in [0.15, 0.2) is 18.3 Å². The number of fused-ring (bicyclic) bond motifs is 1. The summed E-state index contributed by atoms with van der Waals surface area (Å²) in [6, 6.07) is 3.95. The molecule has 3 heterocycles. The van der Waals surface area contributed by atoms with Gasteiger partial charge in [0.05, 0.1) is 6.17 Å². The Kier molecular flexibility index (Phi) is 3.98. The van der Waals surface area contributed by atoms with E-state index < -0.39 is 0 Å². The lowest BCUT2D eigenvalue weighted by atomic mass is 10.2. The number of nitrogens with zero attached hydrogens (tertiary/aromatic N) is 4. The zero-order valence-corrected chi connectivity index (χ0v) is 12.0. The molecule has 5 heteroatoms. The van der Waals surface area contributed by atoms with Crippen molar-refractivity contribution >= 4 is 11.2 Å². The van der Waals surface area contributed by atoms with E-state index in [2.05, 4.69) is 21.4 Å². The SMILES string of the molecule is CCN1CCCC1n1c(CCCO)nc2cccnc21. The number of aliphatic hydroxyl groups is 1. The summed E-state index contributed by atoms with van der Waals surface area (Å²) in [7, 11) is 0. The molecule has 0 aliphatic carbocycles. The van der Waals surface area contributed by atoms with Gasteiger partial charge in [0.25, 0.3) is 0 Å². The average Bonchev–Trinajstić information content (AvgIpc) is 3.07. The number of aryl methyl sites for hydroxylation is 1. The van der Waals surface area contributed by atoms with Crippen molar-refractivity contribution in [1.29, 1.82) is 0 Å². The molecular weight excluding hydrogens is 252 g/mol. The van der Waals surface area contributed by atoms with Crippen molar-refractivity contribution in [2.24, 2.45) is 0 Å². The molecule has 2 aromatic heterocycles. The van der Waals surface area contributed by atoms with Gasteiger partial charge in [-0.2, -0.15) is 0 Å². The maximum atomic E-state index is 9.09. The molecule has 0 spiro atoms. The Hall–Kier alpha value is -1.46. The monoisotopic (exact) mass is 274 g/mol. The van der Waals surface area contributed by atoms with Gasteiger partial charge < -0.3 is 5.11 Å². The fourth-order valence-electron chi connectivity index (χ4n) is 3.17. The summed E-state index contributed by atoms with van der Waals surface area (Å²) < 4.78 is 2.29. The molecule has 0 bridgehead atoms. The van der Waals surface area contributed by atoms with Crippen LogP contribution in [0.3, 0.4) is 0 Å². The summed E-state index contributed by atoms with van der Waals surface area (Å²) in [5.74, 6) is 1.05. The highest BCUT2D eigenvalue weighted by molar-refractivity contribution is 5.71. The van der Waals surface area contributed by atoms with Gasteiger partial charge in [0.15, 0.2) is 5.65 Å². The van der Waals surface area contributed by atoms with Crippen LogP contribution in [0.2, 0.25) is 0 Å². The summed E-state index contributed by atoms with van der Waals surface area (Å²) in [6.07, 6.45) is 6.14. The van der Waals surface area contributed by atoms with Crippen LogP contribution in [0, 0.1) is 0 Å². The van der Waals surface area contributed by atoms with Crippen molar-refractivity contribution in [3.8, 4) is 0 Å². The highest BCUT2D eigenvalue weighted by Gasteiger charge is 2.28. The lowest BCUT2D eigenvalue weighted by molar-refractivity contribution is 0.202. The van der Waals surface area contributed by atoms with E-state index in [4.69, 9.17) is 10.1 Å². The summed E-state index contributed by atoms with van der Waals surface area (Å²) in [4.78, 5) is 11.7. The zero-order chi connectivity index (χ0) is 13.9. The van der Waals surface area contributed by atoms with Crippen molar-refractivity contribution in [3.05, 3.63) is 24.2 Å².